The molecule has 1 rings (SSSR count). The zero-order chi connectivity index (χ0) is 8.97. The summed E-state index contributed by atoms with van der Waals surface area (Å²) in [5.74, 6) is 0.920. The largest absolute Gasteiger partial charge is 0.341 e. The number of piperidine rings is 1. The normalized spacial score (nSPS) is 24.2. The zero-order valence-electron chi connectivity index (χ0n) is 7.97. The first-order chi connectivity index (χ1) is 5.74. The van der Waals surface area contributed by atoms with E-state index >= 15 is 0 Å². The van der Waals surface area contributed by atoms with Crippen molar-refractivity contribution in [3.05, 3.63) is 0 Å². The predicted molar refractivity (Wildman–Crippen MR) is 48.9 cm³/mol. The lowest BCUT2D eigenvalue weighted by Gasteiger charge is -2.30. The van der Waals surface area contributed by atoms with Crippen LogP contribution in [0.2, 0.25) is 0 Å². The summed E-state index contributed by atoms with van der Waals surface area (Å²) >= 11 is 0. The number of likely N-dealkylation sites (tertiary alicyclic amines) is 1. The van der Waals surface area contributed by atoms with Gasteiger partial charge in [0, 0.05) is 13.1 Å². The summed E-state index contributed by atoms with van der Waals surface area (Å²) in [5.41, 5.74) is 0. The Bertz CT molecular complexity index is 159. The minimum absolute atomic E-state index is 0.240. The van der Waals surface area contributed by atoms with E-state index in [4.69, 9.17) is 0 Å². The third-order valence-electron chi connectivity index (χ3n) is 2.34. The van der Waals surface area contributed by atoms with Crippen molar-refractivity contribution in [1.82, 2.24) is 10.2 Å². The Morgan fingerprint density at radius 2 is 2.42 bits per heavy atom. The summed E-state index contributed by atoms with van der Waals surface area (Å²) in [7, 11) is 1.81. The van der Waals surface area contributed by atoms with E-state index in [1.54, 1.807) is 0 Å². The van der Waals surface area contributed by atoms with Crippen LogP contribution in [0.15, 0.2) is 0 Å². The molecule has 1 saturated heterocycles. The Kier molecular flexibility index (Phi) is 3.53. The van der Waals surface area contributed by atoms with Gasteiger partial charge in [0.2, 0.25) is 5.91 Å². The average molecular weight is 170 g/mol. The molecule has 1 aliphatic rings. The molecule has 0 bridgehead atoms. The van der Waals surface area contributed by atoms with Crippen LogP contribution in [-0.2, 0) is 4.79 Å². The van der Waals surface area contributed by atoms with E-state index in [1.807, 2.05) is 11.9 Å². The minimum atomic E-state index is 0.240. The Labute approximate surface area is 74.1 Å². The summed E-state index contributed by atoms with van der Waals surface area (Å²) in [6.07, 6.45) is 2.43. The molecule has 1 atom stereocenters. The highest BCUT2D eigenvalue weighted by Crippen LogP contribution is 2.14. The number of likely N-dealkylation sites (N-methyl/N-ethyl adjacent to an activating group) is 1. The molecule has 1 amide bonds. The maximum atomic E-state index is 11.4. The van der Waals surface area contributed by atoms with Gasteiger partial charge in [-0.3, -0.25) is 4.79 Å². The van der Waals surface area contributed by atoms with Gasteiger partial charge in [-0.25, -0.2) is 0 Å². The molecule has 1 N–H and O–H groups in total. The van der Waals surface area contributed by atoms with Gasteiger partial charge in [-0.1, -0.05) is 6.92 Å². The number of hydrogen-bond acceptors (Lipinski definition) is 2. The molecule has 0 aromatic rings. The molecule has 1 heterocycles. The van der Waals surface area contributed by atoms with Crippen molar-refractivity contribution < 1.29 is 4.79 Å². The summed E-state index contributed by atoms with van der Waals surface area (Å²) < 4.78 is 0. The molecule has 1 fully saturated rings. The van der Waals surface area contributed by atoms with Gasteiger partial charge in [0.25, 0.3) is 0 Å². The van der Waals surface area contributed by atoms with Crippen molar-refractivity contribution in [2.45, 2.75) is 19.8 Å². The minimum Gasteiger partial charge on any atom is -0.341 e. The van der Waals surface area contributed by atoms with Crippen molar-refractivity contribution in [3.63, 3.8) is 0 Å². The second kappa shape index (κ2) is 4.45. The highest BCUT2D eigenvalue weighted by molar-refractivity contribution is 5.78. The molecule has 1 aliphatic heterocycles. The van der Waals surface area contributed by atoms with Crippen molar-refractivity contribution >= 4 is 5.91 Å². The summed E-state index contributed by atoms with van der Waals surface area (Å²) in [6, 6.07) is 0. The van der Waals surface area contributed by atoms with E-state index in [-0.39, 0.29) is 5.91 Å². The molecule has 3 heteroatoms. The van der Waals surface area contributed by atoms with Crippen molar-refractivity contribution in [2.75, 3.05) is 26.7 Å². The molecule has 0 aromatic heterocycles. The smallest absolute Gasteiger partial charge is 0.236 e. The molecule has 0 unspecified atom stereocenters. The van der Waals surface area contributed by atoms with E-state index in [9.17, 15) is 4.79 Å². The first-order valence-corrected chi connectivity index (χ1v) is 4.66. The molecular formula is C9H18N2O. The quantitative estimate of drug-likeness (QED) is 0.653. The number of nitrogens with zero attached hydrogens (tertiary/aromatic N) is 1. The van der Waals surface area contributed by atoms with E-state index in [1.165, 1.54) is 6.42 Å². The van der Waals surface area contributed by atoms with Crippen LogP contribution >= 0.6 is 0 Å². The van der Waals surface area contributed by atoms with Gasteiger partial charge < -0.3 is 10.2 Å². The molecule has 0 aromatic carbocycles. The molecule has 0 spiro atoms. The first-order valence-electron chi connectivity index (χ1n) is 4.66. The van der Waals surface area contributed by atoms with Gasteiger partial charge in [-0.2, -0.15) is 0 Å². The van der Waals surface area contributed by atoms with Gasteiger partial charge in [0.1, 0.15) is 0 Å². The Morgan fingerprint density at radius 1 is 1.67 bits per heavy atom. The van der Waals surface area contributed by atoms with Gasteiger partial charge in [-0.15, -0.1) is 0 Å². The summed E-state index contributed by atoms with van der Waals surface area (Å²) in [5, 5.41) is 2.89. The third-order valence-corrected chi connectivity index (χ3v) is 2.34. The highest BCUT2D eigenvalue weighted by Gasteiger charge is 2.19. The SMILES string of the molecule is CNCC(=O)N1CCC[C@@H](C)C1. The fourth-order valence-electron chi connectivity index (χ4n) is 1.68. The number of amides is 1. The van der Waals surface area contributed by atoms with Crippen LogP contribution in [0.4, 0.5) is 0 Å². The van der Waals surface area contributed by atoms with Crippen LogP contribution in [-0.4, -0.2) is 37.5 Å². The number of hydrogen-bond donors (Lipinski definition) is 1. The Hall–Kier alpha value is -0.570. The number of nitrogens with one attached hydrogen (secondary N) is 1. The van der Waals surface area contributed by atoms with Gasteiger partial charge in [0.05, 0.1) is 6.54 Å². The molecule has 0 radical (unpaired) electrons. The lowest BCUT2D eigenvalue weighted by Crippen LogP contribution is -2.42. The van der Waals surface area contributed by atoms with Crippen LogP contribution in [0.25, 0.3) is 0 Å². The molecule has 12 heavy (non-hydrogen) atoms. The third kappa shape index (κ3) is 2.48. The van der Waals surface area contributed by atoms with Crippen molar-refractivity contribution in [2.24, 2.45) is 5.92 Å². The monoisotopic (exact) mass is 170 g/mol. The second-order valence-electron chi connectivity index (χ2n) is 3.62. The topological polar surface area (TPSA) is 32.3 Å². The average Bonchev–Trinajstić information content (AvgIpc) is 2.05. The number of carbonyl (C=O) groups excluding carboxylic acids is 1. The standard InChI is InChI=1S/C9H18N2O/c1-8-4-3-5-11(7-8)9(12)6-10-2/h8,10H,3-7H2,1-2H3/t8-/m1/s1. The van der Waals surface area contributed by atoms with Gasteiger partial charge in [-0.05, 0) is 25.8 Å². The lowest BCUT2D eigenvalue weighted by atomic mass is 10.0. The van der Waals surface area contributed by atoms with E-state index in [0.29, 0.717) is 12.5 Å². The van der Waals surface area contributed by atoms with Crippen LogP contribution < -0.4 is 5.32 Å². The molecular weight excluding hydrogens is 152 g/mol. The van der Waals surface area contributed by atoms with Crippen LogP contribution in [0.5, 0.6) is 0 Å². The molecule has 0 aliphatic carbocycles. The van der Waals surface area contributed by atoms with E-state index in [0.717, 1.165) is 19.5 Å². The fourth-order valence-corrected chi connectivity index (χ4v) is 1.68. The van der Waals surface area contributed by atoms with Crippen LogP contribution in [0.3, 0.4) is 0 Å². The molecule has 0 saturated carbocycles. The van der Waals surface area contributed by atoms with Crippen molar-refractivity contribution in [1.29, 1.82) is 0 Å². The van der Waals surface area contributed by atoms with Crippen LogP contribution in [0.1, 0.15) is 19.8 Å². The maximum Gasteiger partial charge on any atom is 0.236 e. The highest BCUT2D eigenvalue weighted by atomic mass is 16.2. The maximum absolute atomic E-state index is 11.4. The van der Waals surface area contributed by atoms with E-state index < -0.39 is 0 Å². The zero-order valence-corrected chi connectivity index (χ0v) is 7.97. The molecule has 70 valence electrons. The van der Waals surface area contributed by atoms with Gasteiger partial charge in [0.15, 0.2) is 0 Å². The number of carbonyl (C=O) groups is 1. The van der Waals surface area contributed by atoms with Gasteiger partial charge >= 0.3 is 0 Å². The Morgan fingerprint density at radius 3 is 3.00 bits per heavy atom. The Balaban J connectivity index is 2.35. The summed E-state index contributed by atoms with van der Waals surface area (Å²) in [6.45, 7) is 4.58. The predicted octanol–water partition coefficient (Wildman–Crippen LogP) is 0.464. The molecule has 3 nitrogen and oxygen atoms in total. The van der Waals surface area contributed by atoms with Crippen molar-refractivity contribution in [3.8, 4) is 0 Å². The number of rotatable bonds is 2. The lowest BCUT2D eigenvalue weighted by molar-refractivity contribution is -0.131. The van der Waals surface area contributed by atoms with E-state index in [2.05, 4.69) is 12.2 Å². The second-order valence-corrected chi connectivity index (χ2v) is 3.62. The summed E-state index contributed by atoms with van der Waals surface area (Å²) in [4.78, 5) is 13.4. The fraction of sp³-hybridized carbons (Fsp3) is 0.889. The van der Waals surface area contributed by atoms with Crippen LogP contribution in [0, 0.1) is 5.92 Å². The first kappa shape index (κ1) is 9.52.